The van der Waals surface area contributed by atoms with Crippen molar-refractivity contribution in [2.45, 2.75) is 19.8 Å². The molecule has 1 aliphatic rings. The van der Waals surface area contributed by atoms with E-state index in [4.69, 9.17) is 5.73 Å². The molecule has 1 saturated heterocycles. The van der Waals surface area contributed by atoms with Crippen molar-refractivity contribution in [3.63, 3.8) is 0 Å². The monoisotopic (exact) mass is 261 g/mol. The summed E-state index contributed by atoms with van der Waals surface area (Å²) in [7, 11) is 0. The summed E-state index contributed by atoms with van der Waals surface area (Å²) in [6, 6.07) is 7.90. The van der Waals surface area contributed by atoms with Gasteiger partial charge in [0, 0.05) is 24.7 Å². The number of nitrogens with two attached hydrogens (primary N) is 1. The number of piperidine rings is 1. The number of aryl methyl sites for hydroxylation is 1. The fourth-order valence-electron chi connectivity index (χ4n) is 2.55. The van der Waals surface area contributed by atoms with Crippen LogP contribution in [0.15, 0.2) is 24.3 Å². The van der Waals surface area contributed by atoms with Gasteiger partial charge in [0.05, 0.1) is 0 Å². The molecule has 4 nitrogen and oxygen atoms in total. The van der Waals surface area contributed by atoms with Gasteiger partial charge in [0.1, 0.15) is 0 Å². The summed E-state index contributed by atoms with van der Waals surface area (Å²) in [5.41, 5.74) is 7.59. The van der Waals surface area contributed by atoms with Gasteiger partial charge in [0.25, 0.3) is 0 Å². The van der Waals surface area contributed by atoms with Crippen LogP contribution in [0.3, 0.4) is 0 Å². The quantitative estimate of drug-likeness (QED) is 0.865. The van der Waals surface area contributed by atoms with Gasteiger partial charge in [0.2, 0.25) is 5.91 Å². The molecular formula is C15H23N3O. The third-order valence-corrected chi connectivity index (χ3v) is 3.81. The normalized spacial score (nSPS) is 17.4. The van der Waals surface area contributed by atoms with E-state index in [0.717, 1.165) is 43.7 Å². The predicted molar refractivity (Wildman–Crippen MR) is 78.0 cm³/mol. The zero-order chi connectivity index (χ0) is 13.7. The van der Waals surface area contributed by atoms with E-state index in [0.29, 0.717) is 6.54 Å². The second-order valence-corrected chi connectivity index (χ2v) is 5.21. The van der Waals surface area contributed by atoms with E-state index in [2.05, 4.69) is 10.2 Å². The third kappa shape index (κ3) is 3.78. The summed E-state index contributed by atoms with van der Waals surface area (Å²) in [6.45, 7) is 5.60. The van der Waals surface area contributed by atoms with Crippen LogP contribution in [0.1, 0.15) is 18.4 Å². The second-order valence-electron chi connectivity index (χ2n) is 5.21. The smallest absolute Gasteiger partial charge is 0.227 e. The Balaban J connectivity index is 1.87. The highest BCUT2D eigenvalue weighted by Gasteiger charge is 2.24. The lowest BCUT2D eigenvalue weighted by molar-refractivity contribution is -0.121. The number of nitrogens with one attached hydrogen (secondary N) is 1. The van der Waals surface area contributed by atoms with E-state index in [1.807, 2.05) is 31.2 Å². The molecule has 0 bridgehead atoms. The van der Waals surface area contributed by atoms with Crippen LogP contribution in [0.5, 0.6) is 0 Å². The highest BCUT2D eigenvalue weighted by Crippen LogP contribution is 2.20. The van der Waals surface area contributed by atoms with Crippen molar-refractivity contribution >= 4 is 11.6 Å². The van der Waals surface area contributed by atoms with Crippen LogP contribution in [0, 0.1) is 12.8 Å². The molecule has 104 valence electrons. The van der Waals surface area contributed by atoms with E-state index in [1.165, 1.54) is 0 Å². The molecule has 1 aromatic rings. The maximum atomic E-state index is 12.2. The van der Waals surface area contributed by atoms with Gasteiger partial charge in [-0.05, 0) is 44.5 Å². The van der Waals surface area contributed by atoms with E-state index in [-0.39, 0.29) is 11.8 Å². The maximum Gasteiger partial charge on any atom is 0.227 e. The van der Waals surface area contributed by atoms with Gasteiger partial charge >= 0.3 is 0 Å². The Labute approximate surface area is 115 Å². The first-order valence-corrected chi connectivity index (χ1v) is 6.99. The SMILES string of the molecule is Cc1ccccc1NC(=O)C1CCN(CCN)CC1. The molecule has 0 radical (unpaired) electrons. The van der Waals surface area contributed by atoms with Crippen LogP contribution in [-0.2, 0) is 4.79 Å². The van der Waals surface area contributed by atoms with Crippen molar-refractivity contribution in [3.05, 3.63) is 29.8 Å². The molecular weight excluding hydrogens is 238 g/mol. The molecule has 19 heavy (non-hydrogen) atoms. The zero-order valence-corrected chi connectivity index (χ0v) is 11.6. The molecule has 1 amide bonds. The fraction of sp³-hybridized carbons (Fsp3) is 0.533. The maximum absolute atomic E-state index is 12.2. The van der Waals surface area contributed by atoms with Gasteiger partial charge in [-0.2, -0.15) is 0 Å². The Hall–Kier alpha value is -1.39. The van der Waals surface area contributed by atoms with Crippen molar-refractivity contribution in [1.29, 1.82) is 0 Å². The topological polar surface area (TPSA) is 58.4 Å². The lowest BCUT2D eigenvalue weighted by atomic mass is 9.95. The summed E-state index contributed by atoms with van der Waals surface area (Å²) >= 11 is 0. The van der Waals surface area contributed by atoms with Crippen molar-refractivity contribution in [1.82, 2.24) is 4.90 Å². The van der Waals surface area contributed by atoms with E-state index in [1.54, 1.807) is 0 Å². The van der Waals surface area contributed by atoms with Crippen molar-refractivity contribution in [2.24, 2.45) is 11.7 Å². The number of benzene rings is 1. The largest absolute Gasteiger partial charge is 0.329 e. The lowest BCUT2D eigenvalue weighted by Crippen LogP contribution is -2.40. The molecule has 0 aromatic heterocycles. The summed E-state index contributed by atoms with van der Waals surface area (Å²) in [6.07, 6.45) is 1.86. The van der Waals surface area contributed by atoms with Crippen LogP contribution in [0.25, 0.3) is 0 Å². The third-order valence-electron chi connectivity index (χ3n) is 3.81. The first kappa shape index (κ1) is 14.0. The first-order chi connectivity index (χ1) is 9.20. The molecule has 1 aliphatic heterocycles. The number of carbonyl (C=O) groups is 1. The molecule has 0 atom stereocenters. The van der Waals surface area contributed by atoms with Gasteiger partial charge < -0.3 is 16.0 Å². The Kier molecular flexibility index (Phi) is 4.93. The first-order valence-electron chi connectivity index (χ1n) is 6.99. The van der Waals surface area contributed by atoms with Crippen molar-refractivity contribution in [2.75, 3.05) is 31.5 Å². The molecule has 0 saturated carbocycles. The predicted octanol–water partition coefficient (Wildman–Crippen LogP) is 1.60. The van der Waals surface area contributed by atoms with Gasteiger partial charge in [-0.1, -0.05) is 18.2 Å². The average molecular weight is 261 g/mol. The minimum absolute atomic E-state index is 0.133. The standard InChI is InChI=1S/C15H23N3O/c1-12-4-2-3-5-14(12)17-15(19)13-6-9-18(10-7-13)11-8-16/h2-5,13H,6-11,16H2,1H3,(H,17,19). The zero-order valence-electron chi connectivity index (χ0n) is 11.6. The molecule has 1 fully saturated rings. The number of para-hydroxylation sites is 1. The van der Waals surface area contributed by atoms with Crippen LogP contribution in [0.4, 0.5) is 5.69 Å². The molecule has 0 spiro atoms. The Morgan fingerprint density at radius 2 is 2.05 bits per heavy atom. The highest BCUT2D eigenvalue weighted by atomic mass is 16.1. The van der Waals surface area contributed by atoms with Crippen LogP contribution in [-0.4, -0.2) is 37.0 Å². The number of likely N-dealkylation sites (tertiary alicyclic amines) is 1. The number of amides is 1. The molecule has 4 heteroatoms. The number of carbonyl (C=O) groups excluding carboxylic acids is 1. The molecule has 1 aromatic carbocycles. The highest BCUT2D eigenvalue weighted by molar-refractivity contribution is 5.93. The van der Waals surface area contributed by atoms with E-state index >= 15 is 0 Å². The molecule has 0 unspecified atom stereocenters. The number of nitrogens with zero attached hydrogens (tertiary/aromatic N) is 1. The van der Waals surface area contributed by atoms with Crippen molar-refractivity contribution in [3.8, 4) is 0 Å². The van der Waals surface area contributed by atoms with E-state index < -0.39 is 0 Å². The molecule has 1 heterocycles. The van der Waals surface area contributed by atoms with Crippen LogP contribution in [0.2, 0.25) is 0 Å². The second kappa shape index (κ2) is 6.68. The molecule has 3 N–H and O–H groups in total. The minimum Gasteiger partial charge on any atom is -0.329 e. The fourth-order valence-corrected chi connectivity index (χ4v) is 2.55. The Bertz CT molecular complexity index is 425. The Morgan fingerprint density at radius 3 is 2.68 bits per heavy atom. The van der Waals surface area contributed by atoms with Gasteiger partial charge in [-0.25, -0.2) is 0 Å². The van der Waals surface area contributed by atoms with Gasteiger partial charge in [-0.15, -0.1) is 0 Å². The number of anilines is 1. The summed E-state index contributed by atoms with van der Waals surface area (Å²) < 4.78 is 0. The van der Waals surface area contributed by atoms with Crippen molar-refractivity contribution < 1.29 is 4.79 Å². The number of hydrogen-bond acceptors (Lipinski definition) is 3. The van der Waals surface area contributed by atoms with Gasteiger partial charge in [-0.3, -0.25) is 4.79 Å². The molecule has 2 rings (SSSR count). The van der Waals surface area contributed by atoms with Crippen LogP contribution < -0.4 is 11.1 Å². The number of rotatable bonds is 4. The molecule has 0 aliphatic carbocycles. The van der Waals surface area contributed by atoms with E-state index in [9.17, 15) is 4.79 Å². The summed E-state index contributed by atoms with van der Waals surface area (Å²) in [4.78, 5) is 14.6. The average Bonchev–Trinajstić information content (AvgIpc) is 2.42. The Morgan fingerprint density at radius 1 is 1.37 bits per heavy atom. The summed E-state index contributed by atoms with van der Waals surface area (Å²) in [5, 5.41) is 3.04. The van der Waals surface area contributed by atoms with Gasteiger partial charge in [0.15, 0.2) is 0 Å². The van der Waals surface area contributed by atoms with Crippen LogP contribution >= 0.6 is 0 Å². The summed E-state index contributed by atoms with van der Waals surface area (Å²) in [5.74, 6) is 0.287. The lowest BCUT2D eigenvalue weighted by Gasteiger charge is -2.30. The number of hydrogen-bond donors (Lipinski definition) is 2. The minimum atomic E-state index is 0.133.